The van der Waals surface area contributed by atoms with E-state index in [2.05, 4.69) is 33.2 Å². The van der Waals surface area contributed by atoms with Gasteiger partial charge >= 0.3 is 0 Å². The van der Waals surface area contributed by atoms with E-state index >= 15 is 0 Å². The number of nitrogens with zero attached hydrogens (tertiary/aromatic N) is 5. The second-order valence-electron chi connectivity index (χ2n) is 5.20. The molecule has 7 heteroatoms. The van der Waals surface area contributed by atoms with E-state index < -0.39 is 0 Å². The summed E-state index contributed by atoms with van der Waals surface area (Å²) in [5.74, 6) is 1.77. The Labute approximate surface area is 121 Å². The number of rotatable bonds is 2. The molecule has 108 valence electrons. The van der Waals surface area contributed by atoms with Crippen LogP contribution in [0.4, 0.5) is 5.82 Å². The molecule has 0 saturated carbocycles. The summed E-state index contributed by atoms with van der Waals surface area (Å²) in [5, 5.41) is 12.3. The Balaban J connectivity index is 1.80. The highest BCUT2D eigenvalue weighted by atomic mass is 16.5. The number of hydrogen-bond donors (Lipinski definition) is 1. The summed E-state index contributed by atoms with van der Waals surface area (Å²) < 4.78 is 7.26. The maximum atomic E-state index is 5.49. The lowest BCUT2D eigenvalue weighted by molar-refractivity contribution is 0.0985. The number of aromatic nitrogens is 5. The van der Waals surface area contributed by atoms with Crippen molar-refractivity contribution in [2.24, 2.45) is 0 Å². The number of ether oxygens (including phenoxy) is 1. The Morgan fingerprint density at radius 2 is 2.29 bits per heavy atom. The lowest BCUT2D eigenvalue weighted by atomic mass is 10.2. The van der Waals surface area contributed by atoms with Crippen LogP contribution in [0, 0.1) is 0 Å². The molecule has 0 unspecified atom stereocenters. The number of nitrogens with one attached hydrogen (secondary N) is 1. The molecule has 3 aromatic heterocycles. The van der Waals surface area contributed by atoms with Crippen LogP contribution in [0.5, 0.6) is 0 Å². The number of pyridine rings is 1. The summed E-state index contributed by atoms with van der Waals surface area (Å²) in [7, 11) is 0. The number of morpholine rings is 1. The van der Waals surface area contributed by atoms with Gasteiger partial charge in [0.25, 0.3) is 0 Å². The summed E-state index contributed by atoms with van der Waals surface area (Å²) in [5.41, 5.74) is 0.829. The number of anilines is 1. The van der Waals surface area contributed by atoms with Crippen molar-refractivity contribution >= 4 is 16.9 Å². The van der Waals surface area contributed by atoms with Crippen molar-refractivity contribution in [3.63, 3.8) is 0 Å². The van der Waals surface area contributed by atoms with Gasteiger partial charge < -0.3 is 9.64 Å². The van der Waals surface area contributed by atoms with Crippen LogP contribution in [0.1, 0.15) is 6.92 Å². The number of aromatic amines is 1. The molecule has 7 nitrogen and oxygen atoms in total. The highest BCUT2D eigenvalue weighted by molar-refractivity contribution is 5.78. The normalized spacial score (nSPS) is 19.3. The first-order valence-corrected chi connectivity index (χ1v) is 7.02. The van der Waals surface area contributed by atoms with Gasteiger partial charge in [-0.15, -0.1) is 0 Å². The van der Waals surface area contributed by atoms with Crippen LogP contribution in [0.3, 0.4) is 0 Å². The van der Waals surface area contributed by atoms with E-state index in [1.807, 2.05) is 18.3 Å². The molecule has 0 amide bonds. The summed E-state index contributed by atoms with van der Waals surface area (Å²) in [6.07, 6.45) is 3.52. The van der Waals surface area contributed by atoms with Crippen molar-refractivity contribution in [1.29, 1.82) is 0 Å². The van der Waals surface area contributed by atoms with Gasteiger partial charge in [0.1, 0.15) is 5.82 Å². The average Bonchev–Trinajstić information content (AvgIpc) is 3.16. The van der Waals surface area contributed by atoms with E-state index in [4.69, 9.17) is 9.72 Å². The Morgan fingerprint density at radius 1 is 1.33 bits per heavy atom. The number of H-pyrrole nitrogens is 1. The van der Waals surface area contributed by atoms with Crippen LogP contribution in [-0.4, -0.2) is 50.8 Å². The third-order valence-electron chi connectivity index (χ3n) is 3.78. The molecule has 1 saturated heterocycles. The van der Waals surface area contributed by atoms with Crippen LogP contribution < -0.4 is 4.90 Å². The minimum atomic E-state index is 0.326. The Morgan fingerprint density at radius 3 is 3.10 bits per heavy atom. The monoisotopic (exact) mass is 284 g/mol. The zero-order valence-electron chi connectivity index (χ0n) is 11.7. The second kappa shape index (κ2) is 4.85. The van der Waals surface area contributed by atoms with Crippen LogP contribution >= 0.6 is 0 Å². The highest BCUT2D eigenvalue weighted by Gasteiger charge is 2.21. The lowest BCUT2D eigenvalue weighted by Crippen LogP contribution is -2.44. The van der Waals surface area contributed by atoms with Crippen molar-refractivity contribution in [3.05, 3.63) is 30.6 Å². The number of hydrogen-bond acceptors (Lipinski definition) is 5. The van der Waals surface area contributed by atoms with E-state index in [1.54, 1.807) is 10.9 Å². The molecule has 0 radical (unpaired) electrons. The maximum absolute atomic E-state index is 5.49. The first kappa shape index (κ1) is 12.3. The fraction of sp³-hybridized carbons (Fsp3) is 0.357. The number of fused-ring (bicyclic) bond motifs is 1. The van der Waals surface area contributed by atoms with Crippen molar-refractivity contribution in [2.45, 2.75) is 13.0 Å². The van der Waals surface area contributed by atoms with Gasteiger partial charge in [0.05, 0.1) is 31.6 Å². The summed E-state index contributed by atoms with van der Waals surface area (Å²) in [4.78, 5) is 7.06. The smallest absolute Gasteiger partial charge is 0.166 e. The molecule has 1 aliphatic heterocycles. The highest BCUT2D eigenvalue weighted by Crippen LogP contribution is 2.22. The van der Waals surface area contributed by atoms with Gasteiger partial charge in [-0.2, -0.15) is 14.9 Å². The van der Waals surface area contributed by atoms with Gasteiger partial charge in [-0.1, -0.05) is 0 Å². The van der Waals surface area contributed by atoms with Gasteiger partial charge in [0.2, 0.25) is 0 Å². The van der Waals surface area contributed by atoms with Crippen molar-refractivity contribution in [2.75, 3.05) is 24.7 Å². The molecule has 4 heterocycles. The summed E-state index contributed by atoms with van der Waals surface area (Å²) >= 11 is 0. The fourth-order valence-electron chi connectivity index (χ4n) is 2.66. The molecule has 0 spiro atoms. The Hall–Kier alpha value is -2.41. The SMILES string of the molecule is C[C@@H]1COCCN1c1ccc2cnn(-c3ccn[nH]3)c2n1. The first-order valence-electron chi connectivity index (χ1n) is 7.02. The molecule has 1 N–H and O–H groups in total. The topological polar surface area (TPSA) is 71.9 Å². The largest absolute Gasteiger partial charge is 0.377 e. The molecule has 1 atom stereocenters. The van der Waals surface area contributed by atoms with E-state index in [0.717, 1.165) is 42.4 Å². The van der Waals surface area contributed by atoms with Crippen molar-refractivity contribution < 1.29 is 4.74 Å². The zero-order chi connectivity index (χ0) is 14.2. The third-order valence-corrected chi connectivity index (χ3v) is 3.78. The molecular weight excluding hydrogens is 268 g/mol. The molecule has 1 fully saturated rings. The van der Waals surface area contributed by atoms with E-state index in [9.17, 15) is 0 Å². The zero-order valence-corrected chi connectivity index (χ0v) is 11.7. The van der Waals surface area contributed by atoms with E-state index in [-0.39, 0.29) is 0 Å². The average molecular weight is 284 g/mol. The quantitative estimate of drug-likeness (QED) is 0.769. The molecule has 0 bridgehead atoms. The molecule has 0 aliphatic carbocycles. The maximum Gasteiger partial charge on any atom is 0.166 e. The Bertz CT molecular complexity index is 750. The van der Waals surface area contributed by atoms with Crippen LogP contribution in [0.25, 0.3) is 16.9 Å². The molecule has 4 rings (SSSR count). The minimum Gasteiger partial charge on any atom is -0.377 e. The second-order valence-corrected chi connectivity index (χ2v) is 5.20. The van der Waals surface area contributed by atoms with Crippen molar-refractivity contribution in [1.82, 2.24) is 25.0 Å². The van der Waals surface area contributed by atoms with Crippen LogP contribution in [0.2, 0.25) is 0 Å². The molecular formula is C14H16N6O. The fourth-order valence-corrected chi connectivity index (χ4v) is 2.66. The van der Waals surface area contributed by atoms with Gasteiger partial charge in [-0.25, -0.2) is 4.98 Å². The predicted molar refractivity (Wildman–Crippen MR) is 78.6 cm³/mol. The standard InChI is InChI=1S/C14H16N6O/c1-10-9-21-7-6-19(10)12-3-2-11-8-16-20(14(11)17-12)13-4-5-15-18-13/h2-5,8,10H,6-7,9H2,1H3,(H,15,18)/t10-/m1/s1. The van der Waals surface area contributed by atoms with Crippen LogP contribution in [-0.2, 0) is 4.74 Å². The van der Waals surface area contributed by atoms with Gasteiger partial charge in [0.15, 0.2) is 11.5 Å². The summed E-state index contributed by atoms with van der Waals surface area (Å²) in [6.45, 7) is 4.48. The van der Waals surface area contributed by atoms with E-state index in [1.165, 1.54) is 0 Å². The van der Waals surface area contributed by atoms with Crippen molar-refractivity contribution in [3.8, 4) is 5.82 Å². The molecule has 21 heavy (non-hydrogen) atoms. The molecule has 3 aromatic rings. The van der Waals surface area contributed by atoms with Gasteiger partial charge in [-0.3, -0.25) is 5.10 Å². The van der Waals surface area contributed by atoms with Gasteiger partial charge in [0, 0.05) is 18.0 Å². The first-order chi connectivity index (χ1) is 10.3. The lowest BCUT2D eigenvalue weighted by Gasteiger charge is -2.34. The van der Waals surface area contributed by atoms with E-state index in [0.29, 0.717) is 6.04 Å². The predicted octanol–water partition coefficient (Wildman–Crippen LogP) is 1.37. The van der Waals surface area contributed by atoms with Crippen LogP contribution in [0.15, 0.2) is 30.6 Å². The molecule has 1 aliphatic rings. The molecule has 0 aromatic carbocycles. The minimum absolute atomic E-state index is 0.326. The summed E-state index contributed by atoms with van der Waals surface area (Å²) in [6, 6.07) is 6.30. The van der Waals surface area contributed by atoms with Gasteiger partial charge in [-0.05, 0) is 19.1 Å². The third kappa shape index (κ3) is 2.06. The Kier molecular flexibility index (Phi) is 2.85.